The van der Waals surface area contributed by atoms with Gasteiger partial charge in [0, 0.05) is 38.5 Å². The third kappa shape index (κ3) is 4.72. The number of nitriles is 1. The molecule has 1 N–H and O–H groups in total. The molecule has 0 aromatic carbocycles. The van der Waals surface area contributed by atoms with Crippen LogP contribution in [0, 0.1) is 17.2 Å². The van der Waals surface area contributed by atoms with Crippen LogP contribution in [0.5, 0.6) is 0 Å². The molecule has 1 aliphatic heterocycles. The molecular weight excluding hydrogens is 366 g/mol. The van der Waals surface area contributed by atoms with Gasteiger partial charge in [-0.15, -0.1) is 0 Å². The number of hydrogen-bond acceptors (Lipinski definition) is 5. The molecule has 29 heavy (non-hydrogen) atoms. The number of rotatable bonds is 2. The Morgan fingerprint density at radius 1 is 1.28 bits per heavy atom. The number of aromatic amines is 1. The second kappa shape index (κ2) is 9.20. The van der Waals surface area contributed by atoms with E-state index >= 15 is 0 Å². The first kappa shape index (κ1) is 20.3. The number of anilines is 1. The number of pyridine rings is 3. The molecule has 0 saturated carbocycles. The van der Waals surface area contributed by atoms with Crippen LogP contribution in [-0.4, -0.2) is 27.6 Å². The minimum Gasteiger partial charge on any atom is -0.369 e. The summed E-state index contributed by atoms with van der Waals surface area (Å²) in [6.45, 7) is 4.11. The van der Waals surface area contributed by atoms with Crippen LogP contribution in [0.1, 0.15) is 31.9 Å². The largest absolute Gasteiger partial charge is 0.369 e. The van der Waals surface area contributed by atoms with E-state index in [9.17, 15) is 9.59 Å². The smallest absolute Gasteiger partial charge is 0.252 e. The Balaban J connectivity index is 0.000000290. The first-order valence-electron chi connectivity index (χ1n) is 9.83. The summed E-state index contributed by atoms with van der Waals surface area (Å²) in [6, 6.07) is 12.2. The standard InChI is InChI=1S/C17H20N4O.C5H5NO/c1-3-12-5-4-8-21(11-12)15-9-16(22)20(2)14-7-6-13(10-18)19-17(14)15;7-5-3-1-2-4-6-5/h6-7,9,12H,3-5,8,11H2,1-2H3;1-4H,(H,6,7). The minimum absolute atomic E-state index is 0.0346. The van der Waals surface area contributed by atoms with Crippen LogP contribution >= 0.6 is 0 Å². The monoisotopic (exact) mass is 391 g/mol. The molecule has 0 bridgehead atoms. The number of aromatic nitrogens is 3. The summed E-state index contributed by atoms with van der Waals surface area (Å²) in [7, 11) is 1.74. The molecule has 0 spiro atoms. The number of aryl methyl sites for hydroxylation is 1. The Hall–Kier alpha value is -3.40. The molecule has 1 atom stereocenters. The molecule has 4 heterocycles. The predicted octanol–water partition coefficient (Wildman–Crippen LogP) is 2.81. The van der Waals surface area contributed by atoms with Crippen molar-refractivity contribution in [2.45, 2.75) is 26.2 Å². The van der Waals surface area contributed by atoms with Gasteiger partial charge in [-0.2, -0.15) is 5.26 Å². The molecule has 0 amide bonds. The van der Waals surface area contributed by atoms with Crippen LogP contribution in [0.3, 0.4) is 0 Å². The van der Waals surface area contributed by atoms with Gasteiger partial charge in [0.2, 0.25) is 5.56 Å². The highest BCUT2D eigenvalue weighted by molar-refractivity contribution is 5.88. The molecule has 4 rings (SSSR count). The van der Waals surface area contributed by atoms with Gasteiger partial charge in [-0.05, 0) is 37.0 Å². The molecule has 0 radical (unpaired) electrons. The summed E-state index contributed by atoms with van der Waals surface area (Å²) in [6.07, 6.45) is 5.12. The SMILES string of the molecule is CCC1CCCN(c2cc(=O)n(C)c3ccc(C#N)nc23)C1.O=c1cccc[nH]1. The minimum atomic E-state index is -0.0532. The molecular formula is C22H25N5O2. The van der Waals surface area contributed by atoms with Crippen molar-refractivity contribution < 1.29 is 0 Å². The molecule has 7 nitrogen and oxygen atoms in total. The zero-order valence-electron chi connectivity index (χ0n) is 16.8. The Morgan fingerprint density at radius 3 is 2.72 bits per heavy atom. The van der Waals surface area contributed by atoms with Gasteiger partial charge in [0.25, 0.3) is 5.56 Å². The van der Waals surface area contributed by atoms with Crippen molar-refractivity contribution in [1.29, 1.82) is 5.26 Å². The zero-order valence-corrected chi connectivity index (χ0v) is 16.8. The number of nitrogens with one attached hydrogen (secondary N) is 1. The van der Waals surface area contributed by atoms with Crippen molar-refractivity contribution in [3.63, 3.8) is 0 Å². The topological polar surface area (TPSA) is 94.8 Å². The predicted molar refractivity (Wildman–Crippen MR) is 114 cm³/mol. The van der Waals surface area contributed by atoms with E-state index in [0.717, 1.165) is 42.7 Å². The Kier molecular flexibility index (Phi) is 6.45. The maximum absolute atomic E-state index is 12.2. The third-order valence-electron chi connectivity index (χ3n) is 5.30. The summed E-state index contributed by atoms with van der Waals surface area (Å²) in [4.78, 5) is 31.7. The normalized spacial score (nSPS) is 16.0. The lowest BCUT2D eigenvalue weighted by atomic mass is 9.95. The van der Waals surface area contributed by atoms with Crippen LogP contribution in [-0.2, 0) is 7.05 Å². The van der Waals surface area contributed by atoms with Crippen LogP contribution < -0.4 is 16.0 Å². The average Bonchev–Trinajstić information content (AvgIpc) is 2.77. The molecule has 150 valence electrons. The van der Waals surface area contributed by atoms with E-state index in [1.807, 2.05) is 6.07 Å². The fraction of sp³-hybridized carbons (Fsp3) is 0.364. The second-order valence-electron chi connectivity index (χ2n) is 7.19. The molecule has 0 aliphatic carbocycles. The molecule has 1 unspecified atom stereocenters. The Bertz CT molecular complexity index is 1120. The highest BCUT2D eigenvalue weighted by Crippen LogP contribution is 2.29. The van der Waals surface area contributed by atoms with Crippen LogP contribution in [0.2, 0.25) is 0 Å². The molecule has 1 aliphatic rings. The molecule has 1 saturated heterocycles. The summed E-state index contributed by atoms with van der Waals surface area (Å²) < 4.78 is 1.59. The first-order chi connectivity index (χ1) is 14.0. The quantitative estimate of drug-likeness (QED) is 0.725. The van der Waals surface area contributed by atoms with Gasteiger partial charge in [0.15, 0.2) is 0 Å². The van der Waals surface area contributed by atoms with E-state index in [1.54, 1.807) is 42.1 Å². The van der Waals surface area contributed by atoms with Crippen molar-refractivity contribution in [3.05, 3.63) is 69.0 Å². The highest BCUT2D eigenvalue weighted by Gasteiger charge is 2.22. The van der Waals surface area contributed by atoms with E-state index in [1.165, 1.54) is 12.5 Å². The fourth-order valence-electron chi connectivity index (χ4n) is 3.61. The van der Waals surface area contributed by atoms with Crippen molar-refractivity contribution in [1.82, 2.24) is 14.5 Å². The van der Waals surface area contributed by atoms with Crippen molar-refractivity contribution in [2.24, 2.45) is 13.0 Å². The van der Waals surface area contributed by atoms with Gasteiger partial charge < -0.3 is 14.5 Å². The third-order valence-corrected chi connectivity index (χ3v) is 5.30. The number of hydrogen-bond donors (Lipinski definition) is 1. The average molecular weight is 391 g/mol. The van der Waals surface area contributed by atoms with E-state index < -0.39 is 0 Å². The number of H-pyrrole nitrogens is 1. The molecule has 7 heteroatoms. The highest BCUT2D eigenvalue weighted by atomic mass is 16.1. The van der Waals surface area contributed by atoms with E-state index in [4.69, 9.17) is 5.26 Å². The lowest BCUT2D eigenvalue weighted by molar-refractivity contribution is 0.405. The van der Waals surface area contributed by atoms with E-state index in [0.29, 0.717) is 11.6 Å². The molecule has 1 fully saturated rings. The lowest BCUT2D eigenvalue weighted by Crippen LogP contribution is -2.36. The lowest BCUT2D eigenvalue weighted by Gasteiger charge is -2.34. The fourth-order valence-corrected chi connectivity index (χ4v) is 3.61. The first-order valence-corrected chi connectivity index (χ1v) is 9.83. The van der Waals surface area contributed by atoms with Gasteiger partial charge in [-0.3, -0.25) is 9.59 Å². The van der Waals surface area contributed by atoms with Gasteiger partial charge in [-0.1, -0.05) is 19.4 Å². The summed E-state index contributed by atoms with van der Waals surface area (Å²) in [5.74, 6) is 0.659. The Morgan fingerprint density at radius 2 is 2.10 bits per heavy atom. The van der Waals surface area contributed by atoms with Crippen LogP contribution in [0.15, 0.2) is 52.2 Å². The molecule has 3 aromatic rings. The van der Waals surface area contributed by atoms with Crippen LogP contribution in [0.4, 0.5) is 5.69 Å². The summed E-state index contributed by atoms with van der Waals surface area (Å²) in [5.41, 5.74) is 2.69. The van der Waals surface area contributed by atoms with E-state index in [-0.39, 0.29) is 11.1 Å². The van der Waals surface area contributed by atoms with Crippen molar-refractivity contribution >= 4 is 16.7 Å². The second-order valence-corrected chi connectivity index (χ2v) is 7.19. The van der Waals surface area contributed by atoms with Crippen molar-refractivity contribution in [3.8, 4) is 6.07 Å². The number of piperidine rings is 1. The maximum Gasteiger partial charge on any atom is 0.252 e. The van der Waals surface area contributed by atoms with E-state index in [2.05, 4.69) is 27.9 Å². The zero-order chi connectivity index (χ0) is 20.8. The van der Waals surface area contributed by atoms with Gasteiger partial charge in [0.05, 0.1) is 11.2 Å². The van der Waals surface area contributed by atoms with Gasteiger partial charge in [0.1, 0.15) is 17.3 Å². The van der Waals surface area contributed by atoms with Crippen molar-refractivity contribution in [2.75, 3.05) is 18.0 Å². The van der Waals surface area contributed by atoms with Crippen LogP contribution in [0.25, 0.3) is 11.0 Å². The van der Waals surface area contributed by atoms with Gasteiger partial charge >= 0.3 is 0 Å². The number of nitrogens with zero attached hydrogens (tertiary/aromatic N) is 4. The summed E-state index contributed by atoms with van der Waals surface area (Å²) >= 11 is 0. The van der Waals surface area contributed by atoms with Gasteiger partial charge in [-0.25, -0.2) is 4.98 Å². The summed E-state index contributed by atoms with van der Waals surface area (Å²) in [5, 5.41) is 9.11. The number of fused-ring (bicyclic) bond motifs is 1. The molecule has 3 aromatic heterocycles. The maximum atomic E-state index is 12.2. The Labute approximate surface area is 169 Å².